The minimum Gasteiger partial charge on any atom is -0.352 e. The summed E-state index contributed by atoms with van der Waals surface area (Å²) < 4.78 is 26.5. The molecule has 0 aromatic heterocycles. The number of carbonyl (C=O) groups is 1. The normalized spacial score (nSPS) is 11.6. The van der Waals surface area contributed by atoms with Crippen LogP contribution in [0.2, 0.25) is 0 Å². The summed E-state index contributed by atoms with van der Waals surface area (Å²) in [6, 6.07) is 15.5. The first-order chi connectivity index (χ1) is 13.3. The van der Waals surface area contributed by atoms with Gasteiger partial charge in [-0.3, -0.25) is 4.79 Å². The van der Waals surface area contributed by atoms with Crippen molar-refractivity contribution in [1.29, 1.82) is 0 Å². The van der Waals surface area contributed by atoms with Crippen molar-refractivity contribution in [3.05, 3.63) is 70.8 Å². The van der Waals surface area contributed by atoms with Gasteiger partial charge in [0.15, 0.2) is 0 Å². The molecule has 0 atom stereocenters. The van der Waals surface area contributed by atoms with Crippen molar-refractivity contribution in [3.63, 3.8) is 0 Å². The summed E-state index contributed by atoms with van der Waals surface area (Å²) in [5.74, 6) is -0.0402. The van der Waals surface area contributed by atoms with Crippen LogP contribution in [0.15, 0.2) is 48.5 Å². The van der Waals surface area contributed by atoms with Crippen molar-refractivity contribution in [3.8, 4) is 0 Å². The molecule has 0 radical (unpaired) electrons. The Kier molecular flexibility index (Phi) is 8.20. The molecule has 0 saturated carbocycles. The highest BCUT2D eigenvalue weighted by Crippen LogP contribution is 2.10. The predicted molar refractivity (Wildman–Crippen MR) is 113 cm³/mol. The van der Waals surface area contributed by atoms with Crippen molar-refractivity contribution in [1.82, 2.24) is 10.0 Å². The van der Waals surface area contributed by atoms with E-state index in [1.54, 1.807) is 26.0 Å². The Morgan fingerprint density at radius 2 is 1.43 bits per heavy atom. The second kappa shape index (κ2) is 10.4. The molecule has 28 heavy (non-hydrogen) atoms. The van der Waals surface area contributed by atoms with E-state index in [9.17, 15) is 13.2 Å². The number of carbonyl (C=O) groups excluding carboxylic acids is 1. The van der Waals surface area contributed by atoms with E-state index in [0.29, 0.717) is 13.0 Å². The number of nitrogens with one attached hydrogen (secondary N) is 2. The number of hydrogen-bond acceptors (Lipinski definition) is 3. The highest BCUT2D eigenvalue weighted by molar-refractivity contribution is 7.88. The first-order valence-corrected chi connectivity index (χ1v) is 11.3. The Bertz CT molecular complexity index is 858. The SMILES string of the molecule is CCc1ccc(CCC(=O)NCc2ccc(CS(=O)(=O)NC(C)C)cc2)cc1. The van der Waals surface area contributed by atoms with Crippen LogP contribution >= 0.6 is 0 Å². The van der Waals surface area contributed by atoms with Gasteiger partial charge < -0.3 is 5.32 Å². The smallest absolute Gasteiger partial charge is 0.220 e. The summed E-state index contributed by atoms with van der Waals surface area (Å²) in [7, 11) is -3.33. The summed E-state index contributed by atoms with van der Waals surface area (Å²) in [5, 5.41) is 2.92. The molecule has 0 aliphatic heterocycles. The molecule has 1 amide bonds. The number of sulfonamides is 1. The zero-order valence-corrected chi connectivity index (χ0v) is 17.7. The van der Waals surface area contributed by atoms with Gasteiger partial charge in [-0.25, -0.2) is 13.1 Å². The molecule has 6 heteroatoms. The van der Waals surface area contributed by atoms with Gasteiger partial charge in [-0.15, -0.1) is 0 Å². The molecule has 5 nitrogen and oxygen atoms in total. The van der Waals surface area contributed by atoms with Crippen LogP contribution < -0.4 is 10.0 Å². The van der Waals surface area contributed by atoms with Gasteiger partial charge in [0.05, 0.1) is 5.75 Å². The third kappa shape index (κ3) is 7.82. The lowest BCUT2D eigenvalue weighted by molar-refractivity contribution is -0.121. The minimum atomic E-state index is -3.33. The molecule has 0 heterocycles. The highest BCUT2D eigenvalue weighted by Gasteiger charge is 2.12. The molecule has 0 unspecified atom stereocenters. The highest BCUT2D eigenvalue weighted by atomic mass is 32.2. The molecule has 2 rings (SSSR count). The molecular formula is C22H30N2O3S. The molecule has 0 aliphatic rings. The van der Waals surface area contributed by atoms with Crippen LogP contribution in [0.5, 0.6) is 0 Å². The van der Waals surface area contributed by atoms with Crippen LogP contribution in [-0.4, -0.2) is 20.4 Å². The molecule has 0 fully saturated rings. The summed E-state index contributed by atoms with van der Waals surface area (Å²) in [6.45, 7) is 6.15. The monoisotopic (exact) mass is 402 g/mol. The van der Waals surface area contributed by atoms with Crippen molar-refractivity contribution in [2.75, 3.05) is 0 Å². The van der Waals surface area contributed by atoms with E-state index in [1.807, 2.05) is 12.1 Å². The summed E-state index contributed by atoms with van der Waals surface area (Å²) in [5.41, 5.74) is 4.12. The first-order valence-electron chi connectivity index (χ1n) is 9.69. The molecule has 152 valence electrons. The Balaban J connectivity index is 1.78. The Labute approximate surface area is 168 Å². The van der Waals surface area contributed by atoms with Gasteiger partial charge in [0.1, 0.15) is 0 Å². The third-order valence-electron chi connectivity index (χ3n) is 4.36. The predicted octanol–water partition coefficient (Wildman–Crippen LogP) is 3.33. The van der Waals surface area contributed by atoms with Crippen LogP contribution in [0.3, 0.4) is 0 Å². The molecule has 2 aromatic rings. The summed E-state index contributed by atoms with van der Waals surface area (Å²) in [4.78, 5) is 12.1. The van der Waals surface area contributed by atoms with Gasteiger partial charge in [-0.2, -0.15) is 0 Å². The maximum Gasteiger partial charge on any atom is 0.220 e. The quantitative estimate of drug-likeness (QED) is 0.640. The van der Waals surface area contributed by atoms with Gasteiger partial charge in [0.25, 0.3) is 0 Å². The van der Waals surface area contributed by atoms with E-state index >= 15 is 0 Å². The number of hydrogen-bond donors (Lipinski definition) is 2. The van der Waals surface area contributed by atoms with Crippen molar-refractivity contribution in [2.24, 2.45) is 0 Å². The average molecular weight is 403 g/mol. The second-order valence-electron chi connectivity index (χ2n) is 7.29. The summed E-state index contributed by atoms with van der Waals surface area (Å²) >= 11 is 0. The Hall–Kier alpha value is -2.18. The zero-order valence-electron chi connectivity index (χ0n) is 16.9. The van der Waals surface area contributed by atoms with Gasteiger partial charge in [0, 0.05) is 19.0 Å². The van der Waals surface area contributed by atoms with Crippen LogP contribution in [0, 0.1) is 0 Å². The standard InChI is InChI=1S/C22H30N2O3S/c1-4-18-5-7-19(8-6-18)13-14-22(25)23-15-20-9-11-21(12-10-20)16-28(26,27)24-17(2)3/h5-12,17,24H,4,13-16H2,1-3H3,(H,23,25). The van der Waals surface area contributed by atoms with Gasteiger partial charge in [-0.05, 0) is 48.9 Å². The van der Waals surface area contributed by atoms with E-state index in [1.165, 1.54) is 5.56 Å². The fourth-order valence-electron chi connectivity index (χ4n) is 2.86. The van der Waals surface area contributed by atoms with Crippen LogP contribution in [0.25, 0.3) is 0 Å². The maximum atomic E-state index is 12.1. The third-order valence-corrected chi connectivity index (χ3v) is 5.90. The second-order valence-corrected chi connectivity index (χ2v) is 9.05. The van der Waals surface area contributed by atoms with Crippen LogP contribution in [-0.2, 0) is 40.0 Å². The van der Waals surface area contributed by atoms with Crippen LogP contribution in [0.1, 0.15) is 49.4 Å². The number of aryl methyl sites for hydroxylation is 2. The average Bonchev–Trinajstić information content (AvgIpc) is 2.65. The fourth-order valence-corrected chi connectivity index (χ4v) is 4.29. The van der Waals surface area contributed by atoms with Crippen molar-refractivity contribution in [2.45, 2.75) is 58.4 Å². The van der Waals surface area contributed by atoms with Crippen LogP contribution in [0.4, 0.5) is 0 Å². The number of benzene rings is 2. The number of amides is 1. The molecule has 0 saturated heterocycles. The van der Waals surface area contributed by atoms with Gasteiger partial charge in [-0.1, -0.05) is 55.5 Å². The fraction of sp³-hybridized carbons (Fsp3) is 0.409. The molecule has 2 N–H and O–H groups in total. The lowest BCUT2D eigenvalue weighted by Crippen LogP contribution is -2.31. The topological polar surface area (TPSA) is 75.3 Å². The first kappa shape index (κ1) is 22.1. The lowest BCUT2D eigenvalue weighted by atomic mass is 10.1. The van der Waals surface area contributed by atoms with Gasteiger partial charge in [0.2, 0.25) is 15.9 Å². The zero-order chi connectivity index (χ0) is 20.6. The van der Waals surface area contributed by atoms with E-state index in [0.717, 1.165) is 29.5 Å². The Morgan fingerprint density at radius 1 is 0.893 bits per heavy atom. The minimum absolute atomic E-state index is 0.00681. The Morgan fingerprint density at radius 3 is 2.00 bits per heavy atom. The van der Waals surface area contributed by atoms with E-state index in [2.05, 4.69) is 41.2 Å². The van der Waals surface area contributed by atoms with Crippen molar-refractivity contribution >= 4 is 15.9 Å². The van der Waals surface area contributed by atoms with Gasteiger partial charge >= 0.3 is 0 Å². The van der Waals surface area contributed by atoms with Crippen molar-refractivity contribution < 1.29 is 13.2 Å². The molecular weight excluding hydrogens is 372 g/mol. The molecule has 0 spiro atoms. The largest absolute Gasteiger partial charge is 0.352 e. The summed E-state index contributed by atoms with van der Waals surface area (Å²) in [6.07, 6.45) is 2.18. The molecule has 0 bridgehead atoms. The maximum absolute atomic E-state index is 12.1. The molecule has 0 aliphatic carbocycles. The van der Waals surface area contributed by atoms with E-state index in [4.69, 9.17) is 0 Å². The molecule has 2 aromatic carbocycles. The van der Waals surface area contributed by atoms with E-state index in [-0.39, 0.29) is 17.7 Å². The lowest BCUT2D eigenvalue weighted by Gasteiger charge is -2.10. The number of rotatable bonds is 10. The van der Waals surface area contributed by atoms with E-state index < -0.39 is 10.0 Å².